The van der Waals surface area contributed by atoms with Crippen LogP contribution in [-0.2, 0) is 16.0 Å². The van der Waals surface area contributed by atoms with E-state index in [0.29, 0.717) is 13.0 Å². The van der Waals surface area contributed by atoms with E-state index in [1.54, 1.807) is 6.92 Å². The van der Waals surface area contributed by atoms with Crippen LogP contribution in [0.1, 0.15) is 12.5 Å². The van der Waals surface area contributed by atoms with Crippen LogP contribution >= 0.6 is 0 Å². The lowest BCUT2D eigenvalue weighted by atomic mass is 10.1. The first-order valence-electron chi connectivity index (χ1n) is 4.77. The summed E-state index contributed by atoms with van der Waals surface area (Å²) in [5.74, 6) is -0.226. The first kappa shape index (κ1) is 13.9. The van der Waals surface area contributed by atoms with Crippen LogP contribution in [0.3, 0.4) is 0 Å². The molecule has 1 aromatic rings. The SMILES string of the molecule is CCOC(=O)C([NH3+])Cc1ccccc1.[Cl-]. The molecule has 0 fully saturated rings. The van der Waals surface area contributed by atoms with Crippen molar-refractivity contribution in [2.24, 2.45) is 0 Å². The highest BCUT2D eigenvalue weighted by Crippen LogP contribution is 2.01. The summed E-state index contributed by atoms with van der Waals surface area (Å²) in [4.78, 5) is 11.3. The highest BCUT2D eigenvalue weighted by molar-refractivity contribution is 5.74. The quantitative estimate of drug-likeness (QED) is 0.576. The molecule has 4 heteroatoms. The molecule has 0 aromatic heterocycles. The minimum atomic E-state index is -0.308. The molecule has 0 bridgehead atoms. The van der Waals surface area contributed by atoms with Crippen molar-refractivity contribution in [1.82, 2.24) is 0 Å². The summed E-state index contributed by atoms with van der Waals surface area (Å²) in [6.45, 7) is 2.22. The van der Waals surface area contributed by atoms with Crippen molar-refractivity contribution >= 4 is 5.97 Å². The van der Waals surface area contributed by atoms with Crippen LogP contribution in [0.5, 0.6) is 0 Å². The molecule has 0 aliphatic rings. The Morgan fingerprint density at radius 2 is 2.00 bits per heavy atom. The Balaban J connectivity index is 0.00000196. The van der Waals surface area contributed by atoms with Gasteiger partial charge in [0.15, 0.2) is 6.04 Å². The zero-order valence-electron chi connectivity index (χ0n) is 8.78. The lowest BCUT2D eigenvalue weighted by molar-refractivity contribution is -0.407. The maximum Gasteiger partial charge on any atom is 0.365 e. The number of rotatable bonds is 4. The molecular formula is C11H16ClNO2. The molecule has 0 spiro atoms. The predicted molar refractivity (Wildman–Crippen MR) is 53.5 cm³/mol. The zero-order chi connectivity index (χ0) is 10.4. The highest BCUT2D eigenvalue weighted by Gasteiger charge is 2.18. The molecule has 1 unspecified atom stereocenters. The van der Waals surface area contributed by atoms with Crippen molar-refractivity contribution in [2.75, 3.05) is 6.61 Å². The van der Waals surface area contributed by atoms with Crippen LogP contribution in [0.15, 0.2) is 30.3 Å². The molecule has 1 aromatic carbocycles. The van der Waals surface area contributed by atoms with Gasteiger partial charge in [0.2, 0.25) is 0 Å². The first-order valence-corrected chi connectivity index (χ1v) is 4.77. The van der Waals surface area contributed by atoms with E-state index in [9.17, 15) is 4.79 Å². The molecule has 1 atom stereocenters. The Kier molecular flexibility index (Phi) is 6.75. The van der Waals surface area contributed by atoms with Gasteiger partial charge in [0.05, 0.1) is 6.61 Å². The third-order valence-electron chi connectivity index (χ3n) is 1.94. The van der Waals surface area contributed by atoms with Crippen molar-refractivity contribution in [3.05, 3.63) is 35.9 Å². The van der Waals surface area contributed by atoms with E-state index in [4.69, 9.17) is 4.74 Å². The summed E-state index contributed by atoms with van der Waals surface area (Å²) < 4.78 is 4.87. The fourth-order valence-corrected chi connectivity index (χ4v) is 1.24. The van der Waals surface area contributed by atoms with E-state index in [1.807, 2.05) is 30.3 Å². The number of benzene rings is 1. The van der Waals surface area contributed by atoms with Crippen LogP contribution < -0.4 is 18.1 Å². The summed E-state index contributed by atoms with van der Waals surface area (Å²) in [6, 6.07) is 9.51. The molecule has 0 saturated heterocycles. The van der Waals surface area contributed by atoms with Crippen LogP contribution in [0.4, 0.5) is 0 Å². The van der Waals surface area contributed by atoms with E-state index < -0.39 is 0 Å². The number of ether oxygens (including phenoxy) is 1. The molecule has 0 aliphatic heterocycles. The van der Waals surface area contributed by atoms with Gasteiger partial charge in [-0.1, -0.05) is 30.3 Å². The van der Waals surface area contributed by atoms with Crippen LogP contribution in [-0.4, -0.2) is 18.6 Å². The smallest absolute Gasteiger partial charge is 0.365 e. The van der Waals surface area contributed by atoms with Crippen LogP contribution in [0.25, 0.3) is 0 Å². The first-order chi connectivity index (χ1) is 6.74. The number of hydrogen-bond acceptors (Lipinski definition) is 2. The molecule has 84 valence electrons. The lowest BCUT2D eigenvalue weighted by Gasteiger charge is -2.07. The summed E-state index contributed by atoms with van der Waals surface area (Å²) in [7, 11) is 0. The second kappa shape index (κ2) is 7.26. The Labute approximate surface area is 96.0 Å². The predicted octanol–water partition coefficient (Wildman–Crippen LogP) is -2.59. The molecule has 15 heavy (non-hydrogen) atoms. The van der Waals surface area contributed by atoms with E-state index in [-0.39, 0.29) is 24.4 Å². The minimum Gasteiger partial charge on any atom is -1.00 e. The molecule has 0 heterocycles. The van der Waals surface area contributed by atoms with Crippen molar-refractivity contribution in [2.45, 2.75) is 19.4 Å². The van der Waals surface area contributed by atoms with Crippen molar-refractivity contribution in [3.63, 3.8) is 0 Å². The van der Waals surface area contributed by atoms with E-state index >= 15 is 0 Å². The average molecular weight is 230 g/mol. The number of carbonyl (C=O) groups excluding carboxylic acids is 1. The molecule has 0 amide bonds. The van der Waals surface area contributed by atoms with Gasteiger partial charge in [0, 0.05) is 6.42 Å². The molecule has 0 radical (unpaired) electrons. The van der Waals surface area contributed by atoms with Gasteiger partial charge in [0.1, 0.15) is 0 Å². The summed E-state index contributed by atoms with van der Waals surface area (Å²) in [5, 5.41) is 0. The number of carbonyl (C=O) groups is 1. The standard InChI is InChI=1S/C11H15NO2.ClH/c1-2-14-11(13)10(12)8-9-6-4-3-5-7-9;/h3-7,10H,2,8,12H2,1H3;1H. The van der Waals surface area contributed by atoms with Gasteiger partial charge in [0.25, 0.3) is 0 Å². The Morgan fingerprint density at radius 1 is 1.40 bits per heavy atom. The fourth-order valence-electron chi connectivity index (χ4n) is 1.24. The third kappa shape index (κ3) is 4.81. The van der Waals surface area contributed by atoms with Crippen molar-refractivity contribution in [1.29, 1.82) is 0 Å². The number of halogens is 1. The Hall–Kier alpha value is -1.06. The van der Waals surface area contributed by atoms with Gasteiger partial charge >= 0.3 is 5.97 Å². The zero-order valence-corrected chi connectivity index (χ0v) is 9.54. The van der Waals surface area contributed by atoms with Crippen LogP contribution in [0.2, 0.25) is 0 Å². The van der Waals surface area contributed by atoms with Gasteiger partial charge in [-0.2, -0.15) is 0 Å². The Bertz CT molecular complexity index is 290. The molecule has 0 saturated carbocycles. The van der Waals surface area contributed by atoms with Crippen molar-refractivity contribution in [3.8, 4) is 0 Å². The minimum absolute atomic E-state index is 0. The van der Waals surface area contributed by atoms with Crippen LogP contribution in [0, 0.1) is 0 Å². The monoisotopic (exact) mass is 229 g/mol. The molecule has 3 N–H and O–H groups in total. The number of quaternary nitrogens is 1. The summed E-state index contributed by atoms with van der Waals surface area (Å²) >= 11 is 0. The van der Waals surface area contributed by atoms with Gasteiger partial charge in [-0.05, 0) is 12.5 Å². The van der Waals surface area contributed by atoms with Gasteiger partial charge in [-0.25, -0.2) is 4.79 Å². The molecule has 1 rings (SSSR count). The normalized spacial score (nSPS) is 11.3. The van der Waals surface area contributed by atoms with E-state index in [1.165, 1.54) is 0 Å². The van der Waals surface area contributed by atoms with Gasteiger partial charge < -0.3 is 22.9 Å². The van der Waals surface area contributed by atoms with Gasteiger partial charge in [-0.15, -0.1) is 0 Å². The maximum absolute atomic E-state index is 11.3. The highest BCUT2D eigenvalue weighted by atomic mass is 35.5. The third-order valence-corrected chi connectivity index (χ3v) is 1.94. The molecule has 3 nitrogen and oxygen atoms in total. The second-order valence-electron chi connectivity index (χ2n) is 3.14. The van der Waals surface area contributed by atoms with E-state index in [2.05, 4.69) is 5.73 Å². The topological polar surface area (TPSA) is 53.9 Å². The summed E-state index contributed by atoms with van der Waals surface area (Å²) in [6.07, 6.45) is 0.639. The number of esters is 1. The molecular weight excluding hydrogens is 214 g/mol. The largest absolute Gasteiger partial charge is 1.00 e. The lowest BCUT2D eigenvalue weighted by Crippen LogP contribution is -3.00. The summed E-state index contributed by atoms with van der Waals surface area (Å²) in [5.41, 5.74) is 4.89. The Morgan fingerprint density at radius 3 is 2.53 bits per heavy atom. The molecule has 0 aliphatic carbocycles. The van der Waals surface area contributed by atoms with E-state index in [0.717, 1.165) is 5.56 Å². The average Bonchev–Trinajstić information content (AvgIpc) is 2.19. The van der Waals surface area contributed by atoms with Gasteiger partial charge in [-0.3, -0.25) is 0 Å². The second-order valence-corrected chi connectivity index (χ2v) is 3.14. The fraction of sp³-hybridized carbons (Fsp3) is 0.364. The maximum atomic E-state index is 11.3. The van der Waals surface area contributed by atoms with Crippen molar-refractivity contribution < 1.29 is 27.7 Å². The number of hydrogen-bond donors (Lipinski definition) is 1.